The topological polar surface area (TPSA) is 44.5 Å². The van der Waals surface area contributed by atoms with Gasteiger partial charge in [0.1, 0.15) is 0 Å². The molecule has 0 aliphatic rings. The van der Waals surface area contributed by atoms with Crippen molar-refractivity contribution in [3.63, 3.8) is 0 Å². The molecule has 0 spiro atoms. The first kappa shape index (κ1) is 13.7. The first-order chi connectivity index (χ1) is 10.3. The minimum Gasteiger partial charge on any atom is -0.493 e. The van der Waals surface area contributed by atoms with Crippen molar-refractivity contribution < 1.29 is 9.47 Å². The molecule has 0 saturated heterocycles. The Labute approximate surface area is 124 Å². The van der Waals surface area contributed by atoms with E-state index in [2.05, 4.69) is 24.3 Å². The molecule has 0 radical (unpaired) electrons. The van der Waals surface area contributed by atoms with Gasteiger partial charge in [0.15, 0.2) is 11.5 Å². The van der Waals surface area contributed by atoms with Gasteiger partial charge in [-0.15, -0.1) is 0 Å². The van der Waals surface area contributed by atoms with E-state index >= 15 is 0 Å². The van der Waals surface area contributed by atoms with Crippen LogP contribution in [0.2, 0.25) is 0 Å². The molecule has 0 aliphatic carbocycles. The summed E-state index contributed by atoms with van der Waals surface area (Å²) in [6.45, 7) is 0.609. The molecule has 0 saturated carbocycles. The summed E-state index contributed by atoms with van der Waals surface area (Å²) in [5.74, 6) is 1.54. The van der Waals surface area contributed by atoms with Gasteiger partial charge >= 0.3 is 0 Å². The maximum Gasteiger partial charge on any atom is 0.169 e. The smallest absolute Gasteiger partial charge is 0.169 e. The van der Waals surface area contributed by atoms with Gasteiger partial charge in [-0.25, -0.2) is 0 Å². The van der Waals surface area contributed by atoms with Crippen molar-refractivity contribution in [2.24, 2.45) is 5.73 Å². The molecule has 0 amide bonds. The van der Waals surface area contributed by atoms with Crippen LogP contribution < -0.4 is 15.2 Å². The van der Waals surface area contributed by atoms with Gasteiger partial charge in [0.25, 0.3) is 0 Å². The standard InChI is InChI=1S/C18H19NO2/c1-20-16-11-13(9-10-19)15-8-7-12-5-3-4-6-14(12)17(15)18(16)21-2/h3-8,11H,9-10,19H2,1-2H3. The lowest BCUT2D eigenvalue weighted by Crippen LogP contribution is -2.04. The second-order valence-corrected chi connectivity index (χ2v) is 5.02. The summed E-state index contributed by atoms with van der Waals surface area (Å²) in [5.41, 5.74) is 6.94. The third-order valence-electron chi connectivity index (χ3n) is 3.87. The monoisotopic (exact) mass is 281 g/mol. The summed E-state index contributed by atoms with van der Waals surface area (Å²) in [5, 5.41) is 4.63. The maximum absolute atomic E-state index is 5.75. The summed E-state index contributed by atoms with van der Waals surface area (Å²) in [7, 11) is 3.35. The molecule has 0 atom stereocenters. The Balaban J connectivity index is 2.50. The van der Waals surface area contributed by atoms with E-state index in [9.17, 15) is 0 Å². The molecule has 0 bridgehead atoms. The van der Waals surface area contributed by atoms with Crippen LogP contribution in [0.25, 0.3) is 21.5 Å². The van der Waals surface area contributed by atoms with Crippen LogP contribution in [0.5, 0.6) is 11.5 Å². The summed E-state index contributed by atoms with van der Waals surface area (Å²) >= 11 is 0. The molecular weight excluding hydrogens is 262 g/mol. The van der Waals surface area contributed by atoms with Crippen LogP contribution in [-0.2, 0) is 6.42 Å². The Kier molecular flexibility index (Phi) is 3.67. The summed E-state index contributed by atoms with van der Waals surface area (Å²) in [4.78, 5) is 0. The molecule has 0 aliphatic heterocycles. The fourth-order valence-corrected chi connectivity index (χ4v) is 2.93. The molecule has 21 heavy (non-hydrogen) atoms. The Morgan fingerprint density at radius 3 is 2.48 bits per heavy atom. The Bertz CT molecular complexity index is 796. The SMILES string of the molecule is COc1cc(CCN)c2ccc3ccccc3c2c1OC. The highest BCUT2D eigenvalue weighted by Gasteiger charge is 2.15. The van der Waals surface area contributed by atoms with Crippen LogP contribution >= 0.6 is 0 Å². The largest absolute Gasteiger partial charge is 0.493 e. The van der Waals surface area contributed by atoms with E-state index in [-0.39, 0.29) is 0 Å². The zero-order valence-electron chi connectivity index (χ0n) is 12.3. The normalized spacial score (nSPS) is 11.0. The minimum absolute atomic E-state index is 0.609. The number of fused-ring (bicyclic) bond motifs is 3. The van der Waals surface area contributed by atoms with E-state index < -0.39 is 0 Å². The third kappa shape index (κ3) is 2.20. The molecule has 0 unspecified atom stereocenters. The lowest BCUT2D eigenvalue weighted by atomic mass is 9.95. The average Bonchev–Trinajstić information content (AvgIpc) is 2.54. The molecule has 3 heteroatoms. The van der Waals surface area contributed by atoms with Crippen molar-refractivity contribution in [2.75, 3.05) is 20.8 Å². The molecule has 3 aromatic carbocycles. The Morgan fingerprint density at radius 2 is 1.76 bits per heavy atom. The molecule has 3 rings (SSSR count). The molecule has 0 aromatic heterocycles. The molecule has 0 fully saturated rings. The first-order valence-electron chi connectivity index (χ1n) is 7.05. The van der Waals surface area contributed by atoms with E-state index in [4.69, 9.17) is 15.2 Å². The number of ether oxygens (including phenoxy) is 2. The van der Waals surface area contributed by atoms with Crippen LogP contribution in [0, 0.1) is 0 Å². The summed E-state index contributed by atoms with van der Waals surface area (Å²) in [6.07, 6.45) is 0.815. The highest BCUT2D eigenvalue weighted by Crippen LogP contribution is 2.41. The predicted octanol–water partition coefficient (Wildman–Crippen LogP) is 3.51. The molecule has 3 nitrogen and oxygen atoms in total. The summed E-state index contributed by atoms with van der Waals surface area (Å²) in [6, 6.07) is 14.6. The van der Waals surface area contributed by atoms with Crippen molar-refractivity contribution in [1.82, 2.24) is 0 Å². The van der Waals surface area contributed by atoms with Crippen molar-refractivity contribution in [1.29, 1.82) is 0 Å². The van der Waals surface area contributed by atoms with Crippen LogP contribution in [0.15, 0.2) is 42.5 Å². The fourth-order valence-electron chi connectivity index (χ4n) is 2.93. The van der Waals surface area contributed by atoms with Gasteiger partial charge in [-0.1, -0.05) is 36.4 Å². The number of hydrogen-bond acceptors (Lipinski definition) is 3. The molecule has 0 heterocycles. The predicted molar refractivity (Wildman–Crippen MR) is 87.3 cm³/mol. The molecule has 108 valence electrons. The lowest BCUT2D eigenvalue weighted by Gasteiger charge is -2.16. The zero-order chi connectivity index (χ0) is 14.8. The van der Waals surface area contributed by atoms with Gasteiger partial charge in [-0.3, -0.25) is 0 Å². The Morgan fingerprint density at radius 1 is 0.952 bits per heavy atom. The number of hydrogen-bond donors (Lipinski definition) is 1. The van der Waals surface area contributed by atoms with E-state index in [1.807, 2.05) is 18.2 Å². The van der Waals surface area contributed by atoms with Gasteiger partial charge in [0.05, 0.1) is 14.2 Å². The lowest BCUT2D eigenvalue weighted by molar-refractivity contribution is 0.358. The maximum atomic E-state index is 5.75. The zero-order valence-corrected chi connectivity index (χ0v) is 12.3. The third-order valence-corrected chi connectivity index (χ3v) is 3.87. The second kappa shape index (κ2) is 5.62. The van der Waals surface area contributed by atoms with Crippen molar-refractivity contribution >= 4 is 21.5 Å². The highest BCUT2D eigenvalue weighted by molar-refractivity contribution is 6.12. The van der Waals surface area contributed by atoms with E-state index in [0.717, 1.165) is 23.3 Å². The summed E-state index contributed by atoms with van der Waals surface area (Å²) < 4.78 is 11.1. The van der Waals surface area contributed by atoms with Gasteiger partial charge in [0, 0.05) is 5.39 Å². The number of benzene rings is 3. The van der Waals surface area contributed by atoms with E-state index in [1.54, 1.807) is 14.2 Å². The highest BCUT2D eigenvalue weighted by atomic mass is 16.5. The van der Waals surface area contributed by atoms with Crippen LogP contribution in [-0.4, -0.2) is 20.8 Å². The molecule has 2 N–H and O–H groups in total. The molecular formula is C18H19NO2. The second-order valence-electron chi connectivity index (χ2n) is 5.02. The van der Waals surface area contributed by atoms with Crippen molar-refractivity contribution in [3.8, 4) is 11.5 Å². The van der Waals surface area contributed by atoms with Gasteiger partial charge < -0.3 is 15.2 Å². The minimum atomic E-state index is 0.609. The van der Waals surface area contributed by atoms with Crippen molar-refractivity contribution in [2.45, 2.75) is 6.42 Å². The quantitative estimate of drug-likeness (QED) is 0.744. The van der Waals surface area contributed by atoms with E-state index in [1.165, 1.54) is 21.7 Å². The van der Waals surface area contributed by atoms with E-state index in [0.29, 0.717) is 6.54 Å². The van der Waals surface area contributed by atoms with Gasteiger partial charge in [0.2, 0.25) is 0 Å². The fraction of sp³-hybridized carbons (Fsp3) is 0.222. The van der Waals surface area contributed by atoms with Gasteiger partial charge in [-0.05, 0) is 40.8 Å². The first-order valence-corrected chi connectivity index (χ1v) is 7.05. The van der Waals surface area contributed by atoms with Crippen LogP contribution in [0.3, 0.4) is 0 Å². The van der Waals surface area contributed by atoms with Crippen molar-refractivity contribution in [3.05, 3.63) is 48.0 Å². The average molecular weight is 281 g/mol. The van der Waals surface area contributed by atoms with Crippen LogP contribution in [0.1, 0.15) is 5.56 Å². The Hall–Kier alpha value is -2.26. The van der Waals surface area contributed by atoms with Gasteiger partial charge in [-0.2, -0.15) is 0 Å². The van der Waals surface area contributed by atoms with Crippen LogP contribution in [0.4, 0.5) is 0 Å². The number of rotatable bonds is 4. The molecule has 3 aromatic rings. The number of nitrogens with two attached hydrogens (primary N) is 1. The number of methoxy groups -OCH3 is 2.